The van der Waals surface area contributed by atoms with Crippen LogP contribution in [0.2, 0.25) is 0 Å². The first-order valence-electron chi connectivity index (χ1n) is 8.70. The summed E-state index contributed by atoms with van der Waals surface area (Å²) in [6.45, 7) is 0.873. The number of para-hydroxylation sites is 1. The van der Waals surface area contributed by atoms with E-state index in [2.05, 4.69) is 5.32 Å². The third-order valence-electron chi connectivity index (χ3n) is 4.72. The van der Waals surface area contributed by atoms with Crippen molar-refractivity contribution in [3.8, 4) is 11.1 Å². The predicted molar refractivity (Wildman–Crippen MR) is 101 cm³/mol. The van der Waals surface area contributed by atoms with Gasteiger partial charge in [0, 0.05) is 18.1 Å². The van der Waals surface area contributed by atoms with Crippen molar-refractivity contribution in [2.45, 2.75) is 12.1 Å². The average Bonchev–Trinajstić information content (AvgIpc) is 3.14. The van der Waals surface area contributed by atoms with Gasteiger partial charge in [-0.25, -0.2) is 4.79 Å². The Morgan fingerprint density at radius 1 is 1.11 bits per heavy atom. The monoisotopic (exact) mass is 365 g/mol. The quantitative estimate of drug-likeness (QED) is 0.719. The van der Waals surface area contributed by atoms with Gasteiger partial charge in [-0.1, -0.05) is 30.3 Å². The van der Waals surface area contributed by atoms with E-state index in [0.717, 1.165) is 5.39 Å². The third-order valence-corrected chi connectivity index (χ3v) is 4.72. The summed E-state index contributed by atoms with van der Waals surface area (Å²) in [4.78, 5) is 25.0. The minimum Gasteiger partial charge on any atom is -0.422 e. The minimum atomic E-state index is -0.435. The highest BCUT2D eigenvalue weighted by atomic mass is 16.5. The number of hydrogen-bond donors (Lipinski definition) is 1. The summed E-state index contributed by atoms with van der Waals surface area (Å²) < 4.78 is 16.1. The van der Waals surface area contributed by atoms with Crippen LogP contribution >= 0.6 is 0 Å². The Balaban J connectivity index is 1.64. The zero-order valence-corrected chi connectivity index (χ0v) is 14.8. The number of ether oxygens (including phenoxy) is 2. The number of carbonyl (C=O) groups is 1. The van der Waals surface area contributed by atoms with Gasteiger partial charge in [0.1, 0.15) is 11.7 Å². The van der Waals surface area contributed by atoms with Gasteiger partial charge in [0.2, 0.25) is 0 Å². The lowest BCUT2D eigenvalue weighted by Crippen LogP contribution is -2.43. The molecule has 1 amide bonds. The molecule has 1 saturated heterocycles. The average molecular weight is 365 g/mol. The highest BCUT2D eigenvalue weighted by molar-refractivity contribution is 5.96. The summed E-state index contributed by atoms with van der Waals surface area (Å²) in [5, 5.41) is 3.76. The van der Waals surface area contributed by atoms with Crippen molar-refractivity contribution in [1.82, 2.24) is 5.32 Å². The molecule has 2 atom stereocenters. The van der Waals surface area contributed by atoms with Crippen molar-refractivity contribution in [2.75, 3.05) is 20.3 Å². The molecule has 0 aliphatic carbocycles. The van der Waals surface area contributed by atoms with Crippen molar-refractivity contribution in [3.05, 3.63) is 70.6 Å². The molecule has 6 nitrogen and oxygen atoms in total. The molecule has 1 aliphatic rings. The van der Waals surface area contributed by atoms with Crippen molar-refractivity contribution >= 4 is 16.9 Å². The van der Waals surface area contributed by atoms with Crippen LogP contribution in [0.3, 0.4) is 0 Å². The van der Waals surface area contributed by atoms with E-state index in [-0.39, 0.29) is 18.1 Å². The Morgan fingerprint density at radius 2 is 1.96 bits per heavy atom. The fourth-order valence-electron chi connectivity index (χ4n) is 3.24. The molecule has 2 aromatic carbocycles. The van der Waals surface area contributed by atoms with Gasteiger partial charge in [-0.15, -0.1) is 0 Å². The number of benzene rings is 2. The Labute approximate surface area is 155 Å². The van der Waals surface area contributed by atoms with Gasteiger partial charge in [-0.2, -0.15) is 0 Å². The fourth-order valence-corrected chi connectivity index (χ4v) is 3.24. The second-order valence-electron chi connectivity index (χ2n) is 6.46. The van der Waals surface area contributed by atoms with Crippen LogP contribution in [0.15, 0.2) is 63.8 Å². The van der Waals surface area contributed by atoms with E-state index < -0.39 is 5.63 Å². The molecule has 2 heterocycles. The Bertz CT molecular complexity index is 1040. The molecule has 0 spiro atoms. The molecular weight excluding hydrogens is 346 g/mol. The Morgan fingerprint density at radius 3 is 2.81 bits per heavy atom. The predicted octanol–water partition coefficient (Wildman–Crippen LogP) is 2.60. The van der Waals surface area contributed by atoms with E-state index in [0.29, 0.717) is 35.5 Å². The maximum Gasteiger partial charge on any atom is 0.344 e. The highest BCUT2D eigenvalue weighted by Gasteiger charge is 2.29. The Hall–Kier alpha value is -2.96. The summed E-state index contributed by atoms with van der Waals surface area (Å²) in [6.07, 6.45) is -0.162. The minimum absolute atomic E-state index is 0.162. The van der Waals surface area contributed by atoms with Gasteiger partial charge in [0.25, 0.3) is 5.91 Å². The van der Waals surface area contributed by atoms with Crippen LogP contribution < -0.4 is 10.9 Å². The van der Waals surface area contributed by atoms with Crippen LogP contribution in [0.1, 0.15) is 10.4 Å². The standard InChI is InChI=1S/C21H19NO5/c1-25-19-12-26-11-17(19)22-20(23)15-7-4-6-13(9-15)16-10-14-5-2-3-8-18(14)27-21(16)24/h2-10,17,19H,11-12H2,1H3,(H,22,23)/t17-,19+/m0/s1. The van der Waals surface area contributed by atoms with Crippen LogP contribution in [0, 0.1) is 0 Å². The van der Waals surface area contributed by atoms with E-state index in [1.54, 1.807) is 43.5 Å². The second kappa shape index (κ2) is 7.34. The number of fused-ring (bicyclic) bond motifs is 1. The van der Waals surface area contributed by atoms with E-state index >= 15 is 0 Å². The molecule has 0 unspecified atom stereocenters. The van der Waals surface area contributed by atoms with Crippen LogP contribution in [0.5, 0.6) is 0 Å². The number of methoxy groups -OCH3 is 1. The maximum absolute atomic E-state index is 12.6. The van der Waals surface area contributed by atoms with Crippen molar-refractivity contribution in [1.29, 1.82) is 0 Å². The molecular formula is C21H19NO5. The normalized spacial score (nSPS) is 19.3. The Kier molecular flexibility index (Phi) is 4.75. The zero-order valence-electron chi connectivity index (χ0n) is 14.8. The SMILES string of the molecule is CO[C@@H]1COC[C@@H]1NC(=O)c1cccc(-c2cc3ccccc3oc2=O)c1. The molecule has 3 aromatic rings. The van der Waals surface area contributed by atoms with E-state index in [1.165, 1.54) is 0 Å². The molecule has 6 heteroatoms. The van der Waals surface area contributed by atoms with Crippen LogP contribution in [-0.2, 0) is 9.47 Å². The summed E-state index contributed by atoms with van der Waals surface area (Å²) in [6, 6.07) is 15.8. The molecule has 1 aliphatic heterocycles. The lowest BCUT2D eigenvalue weighted by Gasteiger charge is -2.17. The first kappa shape index (κ1) is 17.5. The fraction of sp³-hybridized carbons (Fsp3) is 0.238. The zero-order chi connectivity index (χ0) is 18.8. The number of amides is 1. The molecule has 27 heavy (non-hydrogen) atoms. The molecule has 1 aromatic heterocycles. The van der Waals surface area contributed by atoms with Crippen molar-refractivity contribution in [2.24, 2.45) is 0 Å². The van der Waals surface area contributed by atoms with Crippen molar-refractivity contribution in [3.63, 3.8) is 0 Å². The second-order valence-corrected chi connectivity index (χ2v) is 6.46. The van der Waals surface area contributed by atoms with Crippen LogP contribution in [-0.4, -0.2) is 38.4 Å². The summed E-state index contributed by atoms with van der Waals surface area (Å²) in [7, 11) is 1.60. The molecule has 138 valence electrons. The molecule has 4 rings (SSSR count). The first-order valence-corrected chi connectivity index (χ1v) is 8.70. The lowest BCUT2D eigenvalue weighted by atomic mass is 10.0. The molecule has 0 saturated carbocycles. The van der Waals surface area contributed by atoms with Crippen LogP contribution in [0.25, 0.3) is 22.1 Å². The topological polar surface area (TPSA) is 77.8 Å². The van der Waals surface area contributed by atoms with Crippen molar-refractivity contribution < 1.29 is 18.7 Å². The maximum atomic E-state index is 12.6. The van der Waals surface area contributed by atoms with Gasteiger partial charge in [0.05, 0.1) is 24.8 Å². The number of rotatable bonds is 4. The van der Waals surface area contributed by atoms with E-state index in [9.17, 15) is 9.59 Å². The van der Waals surface area contributed by atoms with E-state index in [4.69, 9.17) is 13.9 Å². The smallest absolute Gasteiger partial charge is 0.344 e. The van der Waals surface area contributed by atoms with Crippen LogP contribution in [0.4, 0.5) is 0 Å². The van der Waals surface area contributed by atoms with Gasteiger partial charge in [-0.05, 0) is 29.8 Å². The van der Waals surface area contributed by atoms with Gasteiger partial charge in [0.15, 0.2) is 0 Å². The molecule has 0 radical (unpaired) electrons. The summed E-state index contributed by atoms with van der Waals surface area (Å²) in [5.74, 6) is -0.237. The lowest BCUT2D eigenvalue weighted by molar-refractivity contribution is 0.0685. The van der Waals surface area contributed by atoms with Gasteiger partial charge in [-0.3, -0.25) is 4.79 Å². The van der Waals surface area contributed by atoms with Gasteiger partial charge < -0.3 is 19.2 Å². The summed E-state index contributed by atoms with van der Waals surface area (Å²) in [5.41, 5.74) is 1.61. The first-order chi connectivity index (χ1) is 13.2. The number of nitrogens with one attached hydrogen (secondary N) is 1. The number of carbonyl (C=O) groups excluding carboxylic acids is 1. The summed E-state index contributed by atoms with van der Waals surface area (Å²) >= 11 is 0. The van der Waals surface area contributed by atoms with Gasteiger partial charge >= 0.3 is 5.63 Å². The molecule has 1 fully saturated rings. The van der Waals surface area contributed by atoms with E-state index in [1.807, 2.05) is 18.2 Å². The molecule has 0 bridgehead atoms. The number of hydrogen-bond acceptors (Lipinski definition) is 5. The third kappa shape index (κ3) is 3.49. The molecule has 1 N–H and O–H groups in total. The highest BCUT2D eigenvalue weighted by Crippen LogP contribution is 2.22. The largest absolute Gasteiger partial charge is 0.422 e.